The summed E-state index contributed by atoms with van der Waals surface area (Å²) in [7, 11) is 0. The summed E-state index contributed by atoms with van der Waals surface area (Å²) in [6, 6.07) is 16.2. The fourth-order valence-corrected chi connectivity index (χ4v) is 4.16. The Morgan fingerprint density at radius 1 is 1.04 bits per heavy atom. The fourth-order valence-electron chi connectivity index (χ4n) is 3.07. The molecule has 122 valence electrons. The predicted molar refractivity (Wildman–Crippen MR) is 101 cm³/mol. The number of aryl methyl sites for hydroxylation is 2. The van der Waals surface area contributed by atoms with Crippen molar-refractivity contribution >= 4 is 22.9 Å². The first-order chi connectivity index (χ1) is 11.5. The first kappa shape index (κ1) is 16.3. The molecule has 0 bridgehead atoms. The van der Waals surface area contributed by atoms with Crippen LogP contribution < -0.4 is 11.5 Å². The lowest BCUT2D eigenvalue weighted by atomic mass is 9.96. The van der Waals surface area contributed by atoms with Gasteiger partial charge in [-0.1, -0.05) is 42.5 Å². The van der Waals surface area contributed by atoms with Gasteiger partial charge in [0.05, 0.1) is 5.56 Å². The maximum absolute atomic E-state index is 11.8. The summed E-state index contributed by atoms with van der Waals surface area (Å²) < 4.78 is 0. The molecular weight excluding hydrogens is 316 g/mol. The lowest BCUT2D eigenvalue weighted by molar-refractivity contribution is 0.0999. The van der Waals surface area contributed by atoms with Crippen LogP contribution in [0.2, 0.25) is 0 Å². The smallest absolute Gasteiger partial charge is 0.250 e. The molecule has 1 heterocycles. The van der Waals surface area contributed by atoms with Crippen LogP contribution in [0.15, 0.2) is 48.5 Å². The number of benzene rings is 2. The third-order valence-electron chi connectivity index (χ3n) is 4.21. The number of hydrogen-bond donors (Lipinski definition) is 2. The highest BCUT2D eigenvalue weighted by atomic mass is 32.1. The molecule has 0 aliphatic heterocycles. The van der Waals surface area contributed by atoms with Crippen molar-refractivity contribution in [2.75, 3.05) is 5.73 Å². The minimum absolute atomic E-state index is 0.360. The lowest BCUT2D eigenvalue weighted by Gasteiger charge is -2.10. The van der Waals surface area contributed by atoms with Crippen molar-refractivity contribution in [1.82, 2.24) is 0 Å². The van der Waals surface area contributed by atoms with Gasteiger partial charge in [-0.3, -0.25) is 4.79 Å². The summed E-state index contributed by atoms with van der Waals surface area (Å²) in [6.07, 6.45) is 0.660. The molecule has 3 nitrogen and oxygen atoms in total. The van der Waals surface area contributed by atoms with Crippen LogP contribution in [0.4, 0.5) is 5.69 Å². The van der Waals surface area contributed by atoms with E-state index in [2.05, 4.69) is 6.07 Å². The minimum Gasteiger partial charge on any atom is -0.398 e. The number of carbonyl (C=O) groups is 1. The van der Waals surface area contributed by atoms with Crippen molar-refractivity contribution in [2.24, 2.45) is 5.73 Å². The van der Waals surface area contributed by atoms with Gasteiger partial charge in [0, 0.05) is 21.0 Å². The van der Waals surface area contributed by atoms with Gasteiger partial charge < -0.3 is 11.5 Å². The van der Waals surface area contributed by atoms with Crippen molar-refractivity contribution in [1.29, 1.82) is 0 Å². The van der Waals surface area contributed by atoms with E-state index in [0.717, 1.165) is 37.7 Å². The molecule has 0 saturated heterocycles. The highest BCUT2D eigenvalue weighted by Crippen LogP contribution is 2.31. The van der Waals surface area contributed by atoms with Crippen molar-refractivity contribution in [3.8, 4) is 11.1 Å². The average molecular weight is 336 g/mol. The normalized spacial score (nSPS) is 10.8. The zero-order valence-corrected chi connectivity index (χ0v) is 14.6. The summed E-state index contributed by atoms with van der Waals surface area (Å²) in [5.41, 5.74) is 17.4. The zero-order valence-electron chi connectivity index (χ0n) is 13.8. The molecule has 0 unspecified atom stereocenters. The Bertz CT molecular complexity index is 898. The SMILES string of the molecule is Cc1sc(C)c(C(N)=O)c1Cc1ccc(-c2ccccc2)c(N)c1. The number of hydrogen-bond acceptors (Lipinski definition) is 3. The van der Waals surface area contributed by atoms with Gasteiger partial charge in [0.1, 0.15) is 0 Å². The van der Waals surface area contributed by atoms with E-state index >= 15 is 0 Å². The summed E-state index contributed by atoms with van der Waals surface area (Å²) in [4.78, 5) is 13.9. The van der Waals surface area contributed by atoms with Gasteiger partial charge >= 0.3 is 0 Å². The molecule has 24 heavy (non-hydrogen) atoms. The molecule has 1 amide bonds. The van der Waals surface area contributed by atoms with Gasteiger partial charge in [-0.2, -0.15) is 0 Å². The topological polar surface area (TPSA) is 69.1 Å². The molecule has 0 radical (unpaired) electrons. The standard InChI is InChI=1S/C20H20N2OS/c1-12-17(19(20(22)23)13(2)24-12)10-14-8-9-16(18(21)11-14)15-6-4-3-5-7-15/h3-9,11H,10,21H2,1-2H3,(H2,22,23). The van der Waals surface area contributed by atoms with E-state index in [1.54, 1.807) is 11.3 Å². The number of rotatable bonds is 4. The maximum Gasteiger partial charge on any atom is 0.250 e. The van der Waals surface area contributed by atoms with Gasteiger partial charge in [0.15, 0.2) is 0 Å². The average Bonchev–Trinajstić information content (AvgIpc) is 2.82. The number of carbonyl (C=O) groups excluding carboxylic acids is 1. The van der Waals surface area contributed by atoms with E-state index in [1.165, 1.54) is 0 Å². The van der Waals surface area contributed by atoms with Crippen molar-refractivity contribution in [3.05, 3.63) is 75.0 Å². The lowest BCUT2D eigenvalue weighted by Crippen LogP contribution is -2.14. The Kier molecular flexibility index (Phi) is 4.40. The zero-order chi connectivity index (χ0) is 17.3. The molecule has 3 aromatic rings. The Hall–Kier alpha value is -2.59. The number of nitrogens with two attached hydrogens (primary N) is 2. The highest BCUT2D eigenvalue weighted by Gasteiger charge is 2.18. The number of amides is 1. The van der Waals surface area contributed by atoms with Gasteiger partial charge in [0.25, 0.3) is 0 Å². The third kappa shape index (κ3) is 3.05. The van der Waals surface area contributed by atoms with Gasteiger partial charge in [-0.25, -0.2) is 0 Å². The molecule has 0 atom stereocenters. The Balaban J connectivity index is 1.96. The molecular formula is C20H20N2OS. The first-order valence-corrected chi connectivity index (χ1v) is 8.61. The molecule has 0 fully saturated rings. The highest BCUT2D eigenvalue weighted by molar-refractivity contribution is 7.12. The Labute approximate surface area is 145 Å². The monoisotopic (exact) mass is 336 g/mol. The van der Waals surface area contributed by atoms with Crippen molar-refractivity contribution in [3.63, 3.8) is 0 Å². The van der Waals surface area contributed by atoms with Gasteiger partial charge in [-0.05, 0) is 43.0 Å². The first-order valence-electron chi connectivity index (χ1n) is 7.80. The van der Waals surface area contributed by atoms with Crippen LogP contribution in [0.25, 0.3) is 11.1 Å². The van der Waals surface area contributed by atoms with Crippen LogP contribution in [0.3, 0.4) is 0 Å². The van der Waals surface area contributed by atoms with Crippen molar-refractivity contribution in [2.45, 2.75) is 20.3 Å². The molecule has 3 rings (SSSR count). The Morgan fingerprint density at radius 3 is 2.38 bits per heavy atom. The minimum atomic E-state index is -0.360. The summed E-state index contributed by atoms with van der Waals surface area (Å²) in [5, 5.41) is 0. The number of thiophene rings is 1. The molecule has 4 N–H and O–H groups in total. The van der Waals surface area contributed by atoms with Crippen LogP contribution in [0.5, 0.6) is 0 Å². The summed E-state index contributed by atoms with van der Waals surface area (Å²) in [5.74, 6) is -0.360. The van der Waals surface area contributed by atoms with E-state index in [4.69, 9.17) is 11.5 Å². The Morgan fingerprint density at radius 2 is 1.75 bits per heavy atom. The quantitative estimate of drug-likeness (QED) is 0.697. The van der Waals surface area contributed by atoms with Crippen LogP contribution >= 0.6 is 11.3 Å². The maximum atomic E-state index is 11.8. The molecule has 0 aliphatic rings. The van der Waals surface area contributed by atoms with E-state index in [1.807, 2.05) is 56.3 Å². The second-order valence-electron chi connectivity index (χ2n) is 5.90. The van der Waals surface area contributed by atoms with E-state index in [0.29, 0.717) is 12.0 Å². The third-order valence-corrected chi connectivity index (χ3v) is 5.28. The largest absolute Gasteiger partial charge is 0.398 e. The number of primary amides is 1. The molecule has 4 heteroatoms. The van der Waals surface area contributed by atoms with Crippen LogP contribution in [-0.4, -0.2) is 5.91 Å². The second kappa shape index (κ2) is 6.49. The van der Waals surface area contributed by atoms with E-state index < -0.39 is 0 Å². The fraction of sp³-hybridized carbons (Fsp3) is 0.150. The molecule has 0 aliphatic carbocycles. The summed E-state index contributed by atoms with van der Waals surface area (Å²) >= 11 is 1.62. The second-order valence-corrected chi connectivity index (χ2v) is 7.33. The molecule has 0 saturated carbocycles. The van der Waals surface area contributed by atoms with Crippen molar-refractivity contribution < 1.29 is 4.79 Å². The molecule has 0 spiro atoms. The summed E-state index contributed by atoms with van der Waals surface area (Å²) in [6.45, 7) is 3.97. The van der Waals surface area contributed by atoms with E-state index in [9.17, 15) is 4.79 Å². The van der Waals surface area contributed by atoms with Gasteiger partial charge in [0.2, 0.25) is 5.91 Å². The van der Waals surface area contributed by atoms with Gasteiger partial charge in [-0.15, -0.1) is 11.3 Å². The predicted octanol–water partition coefficient (Wildman–Crippen LogP) is 4.30. The van der Waals surface area contributed by atoms with Crippen LogP contribution in [0.1, 0.15) is 31.2 Å². The number of nitrogen functional groups attached to an aromatic ring is 1. The number of anilines is 1. The molecule has 1 aromatic heterocycles. The van der Waals surface area contributed by atoms with Crippen LogP contribution in [0, 0.1) is 13.8 Å². The molecule has 2 aromatic carbocycles. The van der Waals surface area contributed by atoms with Crippen LogP contribution in [-0.2, 0) is 6.42 Å². The van der Waals surface area contributed by atoms with E-state index in [-0.39, 0.29) is 5.91 Å².